The minimum Gasteiger partial charge on any atom is -0.459 e. The number of esters is 3. The number of nitrogens with one attached hydrogen (secondary N) is 1. The smallest absolute Gasteiger partial charge is 0.345 e. The predicted molar refractivity (Wildman–Crippen MR) is 157 cm³/mol. The fraction of sp³-hybridized carbons (Fsp3) is 0.200. The number of carbonyl (C=O) groups is 3. The second kappa shape index (κ2) is 13.6. The molecule has 0 radical (unpaired) electrons. The van der Waals surface area contributed by atoms with Crippen LogP contribution in [0.25, 0.3) is 0 Å². The first-order chi connectivity index (χ1) is 20.9. The molecule has 1 fully saturated rings. The van der Waals surface area contributed by atoms with Crippen LogP contribution in [-0.4, -0.2) is 63.8 Å². The largest absolute Gasteiger partial charge is 0.459 e. The van der Waals surface area contributed by atoms with E-state index in [2.05, 4.69) is 10.1 Å². The van der Waals surface area contributed by atoms with E-state index in [0.29, 0.717) is 10.6 Å². The monoisotopic (exact) mass is 619 g/mol. The number of thioether (sulfide) groups is 1. The number of H-pyrrole nitrogens is 1. The van der Waals surface area contributed by atoms with E-state index in [1.807, 2.05) is 0 Å². The fourth-order valence-corrected chi connectivity index (χ4v) is 5.14. The summed E-state index contributed by atoms with van der Waals surface area (Å²) in [6, 6.07) is 24.6. The lowest BCUT2D eigenvalue weighted by molar-refractivity contribution is -0.0706. The van der Waals surface area contributed by atoms with Crippen LogP contribution in [0.15, 0.2) is 101 Å². The number of aromatic nitrogens is 3. The number of ether oxygens (including phenoxy) is 4. The first kappa shape index (κ1) is 29.9. The molecule has 0 amide bonds. The Bertz CT molecular complexity index is 1710. The van der Waals surface area contributed by atoms with Gasteiger partial charge in [-0.2, -0.15) is 9.78 Å². The highest BCUT2D eigenvalue weighted by molar-refractivity contribution is 7.98. The molecular weight excluding hydrogens is 594 g/mol. The minimum absolute atomic E-state index is 0.116. The summed E-state index contributed by atoms with van der Waals surface area (Å²) >= 11 is 6.39. The van der Waals surface area contributed by atoms with Crippen molar-refractivity contribution in [1.29, 1.82) is 0 Å². The highest BCUT2D eigenvalue weighted by Crippen LogP contribution is 2.34. The molecule has 0 saturated carbocycles. The first-order valence-corrected chi connectivity index (χ1v) is 14.7. The summed E-state index contributed by atoms with van der Waals surface area (Å²) in [4.78, 5) is 54.8. The molecule has 11 nitrogen and oxygen atoms in total. The van der Waals surface area contributed by atoms with E-state index < -0.39 is 54.7 Å². The molecule has 5 rings (SSSR count). The van der Waals surface area contributed by atoms with Crippen LogP contribution < -0.4 is 5.69 Å². The number of benzene rings is 3. The Morgan fingerprint density at radius 1 is 0.837 bits per heavy atom. The Morgan fingerprint density at radius 2 is 1.33 bits per heavy atom. The number of nitrogens with zero attached hydrogens (tertiary/aromatic N) is 2. The average molecular weight is 620 g/mol. The van der Waals surface area contributed by atoms with Gasteiger partial charge in [0.2, 0.25) is 0 Å². The maximum atomic E-state index is 13.3. The Morgan fingerprint density at radius 3 is 1.84 bits per heavy atom. The third kappa shape index (κ3) is 6.91. The van der Waals surface area contributed by atoms with Gasteiger partial charge in [-0.15, -0.1) is 11.8 Å². The molecule has 1 aromatic heterocycles. The molecule has 1 saturated heterocycles. The number of rotatable bonds is 9. The molecule has 1 aliphatic rings. The molecule has 4 unspecified atom stereocenters. The molecular formula is C30H25N3O8S2. The topological polar surface area (TPSA) is 139 Å². The zero-order valence-electron chi connectivity index (χ0n) is 22.7. The molecule has 0 spiro atoms. The Hall–Kier alpha value is -4.59. The fourth-order valence-electron chi connectivity index (χ4n) is 4.36. The summed E-state index contributed by atoms with van der Waals surface area (Å²) in [7, 11) is 0. The highest BCUT2D eigenvalue weighted by Gasteiger charge is 2.52. The molecule has 220 valence electrons. The molecule has 43 heavy (non-hydrogen) atoms. The Labute approximate surface area is 254 Å². The quantitative estimate of drug-likeness (QED) is 0.125. The third-order valence-corrected chi connectivity index (χ3v) is 7.53. The number of carbonyl (C=O) groups excluding carboxylic acids is 3. The van der Waals surface area contributed by atoms with Crippen LogP contribution in [0.5, 0.6) is 0 Å². The summed E-state index contributed by atoms with van der Waals surface area (Å²) < 4.78 is 24.4. The van der Waals surface area contributed by atoms with Crippen LogP contribution in [-0.2, 0) is 18.9 Å². The van der Waals surface area contributed by atoms with Crippen molar-refractivity contribution in [2.75, 3.05) is 12.9 Å². The molecule has 2 heterocycles. The van der Waals surface area contributed by atoms with E-state index in [0.717, 1.165) is 4.68 Å². The van der Waals surface area contributed by atoms with E-state index in [-0.39, 0.29) is 15.8 Å². The van der Waals surface area contributed by atoms with Crippen LogP contribution in [0.2, 0.25) is 0 Å². The van der Waals surface area contributed by atoms with Crippen molar-refractivity contribution < 1.29 is 33.3 Å². The van der Waals surface area contributed by atoms with Crippen molar-refractivity contribution in [3.63, 3.8) is 0 Å². The molecule has 4 atom stereocenters. The van der Waals surface area contributed by atoms with Gasteiger partial charge in [-0.05, 0) is 42.7 Å². The van der Waals surface area contributed by atoms with Crippen LogP contribution in [0.4, 0.5) is 0 Å². The summed E-state index contributed by atoms with van der Waals surface area (Å²) in [5, 5.41) is 4.63. The van der Waals surface area contributed by atoms with Gasteiger partial charge in [-0.1, -0.05) is 66.8 Å². The second-order valence-corrected chi connectivity index (χ2v) is 10.4. The Kier molecular flexibility index (Phi) is 9.45. The summed E-state index contributed by atoms with van der Waals surface area (Å²) in [5.41, 5.74) is -0.0162. The lowest BCUT2D eigenvalue weighted by atomic mass is 10.1. The molecule has 0 aliphatic carbocycles. The van der Waals surface area contributed by atoms with Crippen LogP contribution in [0.1, 0.15) is 37.3 Å². The first-order valence-electron chi connectivity index (χ1n) is 13.0. The molecule has 1 N–H and O–H groups in total. The van der Waals surface area contributed by atoms with E-state index in [4.69, 9.17) is 31.2 Å². The van der Waals surface area contributed by atoms with E-state index >= 15 is 0 Å². The standard InChI is InChI=1S/C30H25N3O8S2/c1-43-25-24(42)31-30(37)33(32-25)26-23(41-29(36)20-15-9-4-10-16-20)22(40-28(35)19-13-7-3-8-14-19)21(39-26)17-38-27(34)18-11-5-2-6-12-18/h2-16,21-23,26H,17H2,1H3,(H,31,37,42). The van der Waals surface area contributed by atoms with Gasteiger partial charge in [-0.3, -0.25) is 4.98 Å². The molecule has 0 bridgehead atoms. The van der Waals surface area contributed by atoms with Gasteiger partial charge in [0, 0.05) is 0 Å². The van der Waals surface area contributed by atoms with Crippen molar-refractivity contribution in [1.82, 2.24) is 14.8 Å². The van der Waals surface area contributed by atoms with Gasteiger partial charge >= 0.3 is 23.6 Å². The average Bonchev–Trinajstić information content (AvgIpc) is 3.36. The van der Waals surface area contributed by atoms with Gasteiger partial charge in [0.05, 0.1) is 16.7 Å². The minimum atomic E-state index is -1.38. The highest BCUT2D eigenvalue weighted by atomic mass is 32.2. The van der Waals surface area contributed by atoms with Crippen molar-refractivity contribution in [3.05, 3.63) is 123 Å². The van der Waals surface area contributed by atoms with Crippen molar-refractivity contribution >= 4 is 41.9 Å². The SMILES string of the molecule is CSc1nn(C2OC(COC(=O)c3ccccc3)C(OC(=O)c3ccccc3)C2OC(=O)c2ccccc2)c(=O)[nH]c1=S. The second-order valence-electron chi connectivity index (χ2n) is 9.21. The lowest BCUT2D eigenvalue weighted by Crippen LogP contribution is -2.43. The van der Waals surface area contributed by atoms with Crippen LogP contribution in [0, 0.1) is 4.64 Å². The summed E-state index contributed by atoms with van der Waals surface area (Å²) in [5.74, 6) is -2.15. The van der Waals surface area contributed by atoms with Gasteiger partial charge in [0.25, 0.3) is 0 Å². The van der Waals surface area contributed by atoms with Gasteiger partial charge in [-0.25, -0.2) is 19.2 Å². The van der Waals surface area contributed by atoms with E-state index in [9.17, 15) is 19.2 Å². The predicted octanol–water partition coefficient (Wildman–Crippen LogP) is 4.23. The molecule has 3 aromatic carbocycles. The molecule has 13 heteroatoms. The van der Waals surface area contributed by atoms with E-state index in [1.54, 1.807) is 97.3 Å². The molecule has 4 aromatic rings. The maximum absolute atomic E-state index is 13.3. The summed E-state index contributed by atoms with van der Waals surface area (Å²) in [6.07, 6.45) is -3.52. The zero-order chi connectivity index (χ0) is 30.3. The number of aromatic amines is 1. The lowest BCUT2D eigenvalue weighted by Gasteiger charge is -2.24. The third-order valence-electron chi connectivity index (χ3n) is 6.43. The normalized spacial score (nSPS) is 19.4. The zero-order valence-corrected chi connectivity index (χ0v) is 24.3. The Balaban J connectivity index is 1.53. The summed E-state index contributed by atoms with van der Waals surface area (Å²) in [6.45, 7) is -0.399. The van der Waals surface area contributed by atoms with E-state index in [1.165, 1.54) is 11.8 Å². The van der Waals surface area contributed by atoms with Crippen LogP contribution >= 0.6 is 24.0 Å². The van der Waals surface area contributed by atoms with Gasteiger partial charge in [0.15, 0.2) is 23.5 Å². The van der Waals surface area contributed by atoms with Crippen molar-refractivity contribution in [2.45, 2.75) is 29.6 Å². The van der Waals surface area contributed by atoms with Crippen LogP contribution in [0.3, 0.4) is 0 Å². The van der Waals surface area contributed by atoms with Gasteiger partial charge in [0.1, 0.15) is 17.4 Å². The number of hydrogen-bond donors (Lipinski definition) is 1. The maximum Gasteiger partial charge on any atom is 0.345 e. The number of hydrogen-bond acceptors (Lipinski definition) is 11. The van der Waals surface area contributed by atoms with Crippen molar-refractivity contribution in [2.24, 2.45) is 0 Å². The molecule has 1 aliphatic heterocycles. The van der Waals surface area contributed by atoms with Crippen molar-refractivity contribution in [3.8, 4) is 0 Å². The van der Waals surface area contributed by atoms with Gasteiger partial charge < -0.3 is 18.9 Å².